The minimum atomic E-state index is -0.554. The molecule has 8 nitrogen and oxygen atoms in total. The zero-order valence-corrected chi connectivity index (χ0v) is 9.91. The largest absolute Gasteiger partial charge is 0.382 e. The standard InChI is InChI=1S/C11H10N4O4/c1-12-10-8(3-2-4-9(10)15(17)18)11(16)14-7-5-13-19-6-7/h2-6,12H,1H3,(H,14,16). The van der Waals surface area contributed by atoms with Gasteiger partial charge in [-0.05, 0) is 6.07 Å². The van der Waals surface area contributed by atoms with Gasteiger partial charge in [0, 0.05) is 13.1 Å². The molecule has 1 aromatic carbocycles. The number of rotatable bonds is 4. The summed E-state index contributed by atoms with van der Waals surface area (Å²) in [5.74, 6) is -0.490. The maximum Gasteiger partial charge on any atom is 0.293 e. The molecule has 8 heteroatoms. The molecule has 0 aliphatic heterocycles. The normalized spacial score (nSPS) is 9.95. The molecular formula is C11H10N4O4. The molecule has 1 aromatic heterocycles. The second-order valence-electron chi connectivity index (χ2n) is 3.57. The highest BCUT2D eigenvalue weighted by Crippen LogP contribution is 2.28. The predicted molar refractivity (Wildman–Crippen MR) is 67.1 cm³/mol. The van der Waals surface area contributed by atoms with Crippen LogP contribution in [0.15, 0.2) is 35.2 Å². The van der Waals surface area contributed by atoms with Gasteiger partial charge in [-0.3, -0.25) is 14.9 Å². The van der Waals surface area contributed by atoms with Gasteiger partial charge in [0.1, 0.15) is 17.6 Å². The molecule has 0 atom stereocenters. The number of nitro groups is 1. The molecule has 0 saturated carbocycles. The second kappa shape index (κ2) is 5.17. The van der Waals surface area contributed by atoms with Gasteiger partial charge in [0.2, 0.25) is 0 Å². The van der Waals surface area contributed by atoms with E-state index in [9.17, 15) is 14.9 Å². The number of hydrogen-bond acceptors (Lipinski definition) is 6. The number of carbonyl (C=O) groups is 1. The number of para-hydroxylation sites is 1. The lowest BCUT2D eigenvalue weighted by molar-refractivity contribution is -0.384. The van der Waals surface area contributed by atoms with Gasteiger partial charge in [0.05, 0.1) is 16.7 Å². The van der Waals surface area contributed by atoms with E-state index in [4.69, 9.17) is 0 Å². The van der Waals surface area contributed by atoms with Gasteiger partial charge in [-0.15, -0.1) is 0 Å². The van der Waals surface area contributed by atoms with Gasteiger partial charge in [0.15, 0.2) is 0 Å². The summed E-state index contributed by atoms with van der Waals surface area (Å²) >= 11 is 0. The molecule has 2 rings (SSSR count). The Morgan fingerprint density at radius 1 is 1.47 bits per heavy atom. The Balaban J connectivity index is 2.36. The van der Waals surface area contributed by atoms with E-state index in [1.54, 1.807) is 0 Å². The molecule has 1 amide bonds. The first-order valence-corrected chi connectivity index (χ1v) is 5.29. The Bertz CT molecular complexity index is 609. The zero-order chi connectivity index (χ0) is 13.8. The number of hydrogen-bond donors (Lipinski definition) is 2. The van der Waals surface area contributed by atoms with E-state index in [0.29, 0.717) is 5.69 Å². The van der Waals surface area contributed by atoms with Crippen molar-refractivity contribution in [1.29, 1.82) is 0 Å². The van der Waals surface area contributed by atoms with Crippen molar-refractivity contribution in [1.82, 2.24) is 5.16 Å². The summed E-state index contributed by atoms with van der Waals surface area (Å²) in [6.45, 7) is 0. The van der Waals surface area contributed by atoms with E-state index in [1.807, 2.05) is 0 Å². The van der Waals surface area contributed by atoms with Crippen LogP contribution in [0, 0.1) is 10.1 Å². The van der Waals surface area contributed by atoms with Crippen LogP contribution in [0.5, 0.6) is 0 Å². The van der Waals surface area contributed by atoms with Gasteiger partial charge >= 0.3 is 0 Å². The number of aromatic nitrogens is 1. The average molecular weight is 262 g/mol. The number of nitro benzene ring substituents is 1. The van der Waals surface area contributed by atoms with Crippen molar-refractivity contribution >= 4 is 23.0 Å². The van der Waals surface area contributed by atoms with Gasteiger partial charge in [-0.25, -0.2) is 0 Å². The summed E-state index contributed by atoms with van der Waals surface area (Å²) in [5.41, 5.74) is 0.526. The molecule has 19 heavy (non-hydrogen) atoms. The van der Waals surface area contributed by atoms with E-state index >= 15 is 0 Å². The minimum Gasteiger partial charge on any atom is -0.382 e. The lowest BCUT2D eigenvalue weighted by Gasteiger charge is -2.08. The first-order valence-electron chi connectivity index (χ1n) is 5.29. The molecule has 0 bridgehead atoms. The predicted octanol–water partition coefficient (Wildman–Crippen LogP) is 1.88. The zero-order valence-electron chi connectivity index (χ0n) is 9.91. The Morgan fingerprint density at radius 2 is 2.26 bits per heavy atom. The maximum atomic E-state index is 12.0. The molecule has 98 valence electrons. The molecule has 1 heterocycles. The molecule has 0 unspecified atom stereocenters. The fourth-order valence-corrected chi connectivity index (χ4v) is 1.61. The van der Waals surface area contributed by atoms with Crippen molar-refractivity contribution in [3.8, 4) is 0 Å². The third-order valence-corrected chi connectivity index (χ3v) is 2.42. The highest BCUT2D eigenvalue weighted by molar-refractivity contribution is 6.09. The summed E-state index contributed by atoms with van der Waals surface area (Å²) in [7, 11) is 1.51. The second-order valence-corrected chi connectivity index (χ2v) is 3.57. The topological polar surface area (TPSA) is 110 Å². The quantitative estimate of drug-likeness (QED) is 0.642. The number of carbonyl (C=O) groups excluding carboxylic acids is 1. The van der Waals surface area contributed by atoms with Crippen molar-refractivity contribution in [2.24, 2.45) is 0 Å². The van der Waals surface area contributed by atoms with Crippen LogP contribution < -0.4 is 10.6 Å². The fourth-order valence-electron chi connectivity index (χ4n) is 1.61. The average Bonchev–Trinajstić information content (AvgIpc) is 2.90. The molecule has 0 fully saturated rings. The van der Waals surface area contributed by atoms with Crippen molar-refractivity contribution in [3.05, 3.63) is 46.3 Å². The van der Waals surface area contributed by atoms with Gasteiger partial charge in [0.25, 0.3) is 11.6 Å². The number of benzene rings is 1. The Hall–Kier alpha value is -2.90. The van der Waals surface area contributed by atoms with E-state index < -0.39 is 10.8 Å². The maximum absolute atomic E-state index is 12.0. The number of amides is 1. The summed E-state index contributed by atoms with van der Waals surface area (Å²) in [5, 5.41) is 19.5. The smallest absolute Gasteiger partial charge is 0.293 e. The van der Waals surface area contributed by atoms with E-state index in [0.717, 1.165) is 0 Å². The van der Waals surface area contributed by atoms with Crippen LogP contribution in [0.3, 0.4) is 0 Å². The van der Waals surface area contributed by atoms with E-state index in [1.165, 1.54) is 37.7 Å². The lowest BCUT2D eigenvalue weighted by Crippen LogP contribution is -2.14. The Labute approximate surface area is 107 Å². The van der Waals surface area contributed by atoms with Crippen molar-refractivity contribution in [2.45, 2.75) is 0 Å². The highest BCUT2D eigenvalue weighted by atomic mass is 16.6. The van der Waals surface area contributed by atoms with Crippen molar-refractivity contribution < 1.29 is 14.2 Å². The lowest BCUT2D eigenvalue weighted by atomic mass is 10.1. The van der Waals surface area contributed by atoms with Crippen LogP contribution in [0.1, 0.15) is 10.4 Å². The van der Waals surface area contributed by atoms with Crippen LogP contribution >= 0.6 is 0 Å². The van der Waals surface area contributed by atoms with Crippen LogP contribution in [-0.2, 0) is 0 Å². The minimum absolute atomic E-state index is 0.154. The summed E-state index contributed by atoms with van der Waals surface area (Å²) in [6.07, 6.45) is 2.59. The summed E-state index contributed by atoms with van der Waals surface area (Å²) < 4.78 is 4.58. The third-order valence-electron chi connectivity index (χ3n) is 2.42. The van der Waals surface area contributed by atoms with Crippen LogP contribution in [0.25, 0.3) is 0 Å². The van der Waals surface area contributed by atoms with E-state index in [2.05, 4.69) is 20.3 Å². The van der Waals surface area contributed by atoms with E-state index in [-0.39, 0.29) is 16.9 Å². The third kappa shape index (κ3) is 2.51. The van der Waals surface area contributed by atoms with Crippen LogP contribution in [0.2, 0.25) is 0 Å². The molecule has 0 aliphatic rings. The molecule has 0 saturated heterocycles. The van der Waals surface area contributed by atoms with Crippen LogP contribution in [-0.4, -0.2) is 23.0 Å². The number of nitrogens with one attached hydrogen (secondary N) is 2. The fraction of sp³-hybridized carbons (Fsp3) is 0.0909. The molecule has 0 spiro atoms. The first-order chi connectivity index (χ1) is 9.13. The highest BCUT2D eigenvalue weighted by Gasteiger charge is 2.20. The molecular weight excluding hydrogens is 252 g/mol. The molecule has 2 N–H and O–H groups in total. The first kappa shape index (κ1) is 12.6. The monoisotopic (exact) mass is 262 g/mol. The number of nitrogens with zero attached hydrogens (tertiary/aromatic N) is 2. The van der Waals surface area contributed by atoms with Gasteiger partial charge < -0.3 is 15.2 Å². The van der Waals surface area contributed by atoms with Crippen molar-refractivity contribution in [2.75, 3.05) is 17.7 Å². The summed E-state index contributed by atoms with van der Waals surface area (Å²) in [6, 6.07) is 4.26. The van der Waals surface area contributed by atoms with Gasteiger partial charge in [-0.1, -0.05) is 11.2 Å². The Kier molecular flexibility index (Phi) is 3.42. The van der Waals surface area contributed by atoms with Crippen molar-refractivity contribution in [3.63, 3.8) is 0 Å². The summed E-state index contributed by atoms with van der Waals surface area (Å²) in [4.78, 5) is 22.4. The number of anilines is 2. The Morgan fingerprint density at radius 3 is 2.84 bits per heavy atom. The molecule has 0 aliphatic carbocycles. The molecule has 0 radical (unpaired) electrons. The SMILES string of the molecule is CNc1c(C(=O)Nc2cnoc2)cccc1[N+](=O)[O-]. The molecule has 2 aromatic rings. The van der Waals surface area contributed by atoms with Crippen LogP contribution in [0.4, 0.5) is 17.1 Å². The van der Waals surface area contributed by atoms with Gasteiger partial charge in [-0.2, -0.15) is 0 Å².